The lowest BCUT2D eigenvalue weighted by atomic mass is 10.0. The topological polar surface area (TPSA) is 41.7 Å². The Kier molecular flexibility index (Phi) is 4.58. The van der Waals surface area contributed by atoms with Gasteiger partial charge in [0.1, 0.15) is 0 Å². The van der Waals surface area contributed by atoms with Crippen molar-refractivity contribution < 1.29 is 4.74 Å². The lowest BCUT2D eigenvalue weighted by Gasteiger charge is -2.18. The normalized spacial score (nSPS) is 27.1. The number of rotatable bonds is 5. The number of nitrogens with two attached hydrogens (primary N) is 1. The zero-order valence-corrected chi connectivity index (χ0v) is 12.4. The highest BCUT2D eigenvalue weighted by molar-refractivity contribution is 6.30. The first-order chi connectivity index (χ1) is 9.70. The molecule has 5 heteroatoms. The second kappa shape index (κ2) is 6.41. The van der Waals surface area contributed by atoms with Crippen LogP contribution >= 0.6 is 11.6 Å². The van der Waals surface area contributed by atoms with Gasteiger partial charge in [-0.3, -0.25) is 5.84 Å². The molecule has 1 aromatic carbocycles. The van der Waals surface area contributed by atoms with Gasteiger partial charge in [-0.05, 0) is 29.5 Å². The zero-order chi connectivity index (χ0) is 13.9. The van der Waals surface area contributed by atoms with Gasteiger partial charge in [-0.15, -0.1) is 0 Å². The van der Waals surface area contributed by atoms with Crippen LogP contribution in [0.1, 0.15) is 5.56 Å². The van der Waals surface area contributed by atoms with E-state index in [1.807, 2.05) is 29.3 Å². The second-order valence-corrected chi connectivity index (χ2v) is 6.35. The van der Waals surface area contributed by atoms with E-state index in [-0.39, 0.29) is 0 Å². The van der Waals surface area contributed by atoms with Crippen molar-refractivity contribution in [2.45, 2.75) is 6.61 Å². The van der Waals surface area contributed by atoms with E-state index in [0.717, 1.165) is 43.1 Å². The summed E-state index contributed by atoms with van der Waals surface area (Å²) in [6.45, 7) is 6.90. The van der Waals surface area contributed by atoms with Gasteiger partial charge in [0.2, 0.25) is 0 Å². The third-order valence-corrected chi connectivity index (χ3v) is 4.58. The number of fused-ring (bicyclic) bond motifs is 1. The lowest BCUT2D eigenvalue weighted by molar-refractivity contribution is 0.0958. The van der Waals surface area contributed by atoms with Gasteiger partial charge in [-0.1, -0.05) is 23.7 Å². The fourth-order valence-electron chi connectivity index (χ4n) is 3.27. The molecule has 1 aromatic rings. The van der Waals surface area contributed by atoms with Gasteiger partial charge in [0.25, 0.3) is 0 Å². The molecule has 4 nitrogen and oxygen atoms in total. The van der Waals surface area contributed by atoms with E-state index in [0.29, 0.717) is 6.61 Å². The molecule has 2 aliphatic rings. The molecule has 0 bridgehead atoms. The molecule has 0 amide bonds. The fourth-order valence-corrected chi connectivity index (χ4v) is 3.40. The van der Waals surface area contributed by atoms with Gasteiger partial charge in [-0.25, -0.2) is 5.01 Å². The van der Waals surface area contributed by atoms with Gasteiger partial charge in [0, 0.05) is 37.7 Å². The van der Waals surface area contributed by atoms with Crippen molar-refractivity contribution in [3.05, 3.63) is 34.9 Å². The lowest BCUT2D eigenvalue weighted by Crippen LogP contribution is -2.34. The van der Waals surface area contributed by atoms with Crippen LogP contribution in [-0.4, -0.2) is 49.2 Å². The highest BCUT2D eigenvalue weighted by Gasteiger charge is 2.38. The van der Waals surface area contributed by atoms with Crippen molar-refractivity contribution in [3.8, 4) is 0 Å². The summed E-state index contributed by atoms with van der Waals surface area (Å²) < 4.78 is 5.74. The molecule has 0 aliphatic carbocycles. The van der Waals surface area contributed by atoms with E-state index in [9.17, 15) is 0 Å². The van der Waals surface area contributed by atoms with Crippen LogP contribution in [0, 0.1) is 11.8 Å². The van der Waals surface area contributed by atoms with Crippen molar-refractivity contribution in [3.63, 3.8) is 0 Å². The van der Waals surface area contributed by atoms with Gasteiger partial charge >= 0.3 is 0 Å². The maximum absolute atomic E-state index is 5.86. The Morgan fingerprint density at radius 1 is 1.10 bits per heavy atom. The third kappa shape index (κ3) is 3.51. The summed E-state index contributed by atoms with van der Waals surface area (Å²) in [6.07, 6.45) is 0. The van der Waals surface area contributed by atoms with E-state index < -0.39 is 0 Å². The molecule has 0 radical (unpaired) electrons. The highest BCUT2D eigenvalue weighted by Crippen LogP contribution is 2.29. The molecule has 0 unspecified atom stereocenters. The molecule has 2 fully saturated rings. The second-order valence-electron chi connectivity index (χ2n) is 5.91. The average Bonchev–Trinajstić information content (AvgIpc) is 2.93. The SMILES string of the molecule is NN1C[C@@H]2CN(CCOCc3ccc(Cl)cc3)C[C@@H]2C1. The predicted octanol–water partition coefficient (Wildman–Crippen LogP) is 1.59. The Morgan fingerprint density at radius 3 is 2.40 bits per heavy atom. The van der Waals surface area contributed by atoms with Crippen LogP contribution in [0.5, 0.6) is 0 Å². The van der Waals surface area contributed by atoms with Gasteiger partial charge in [0.05, 0.1) is 13.2 Å². The van der Waals surface area contributed by atoms with Crippen LogP contribution in [0.3, 0.4) is 0 Å². The Hall–Kier alpha value is -0.650. The molecule has 0 aromatic heterocycles. The summed E-state index contributed by atoms with van der Waals surface area (Å²) in [5.74, 6) is 7.37. The predicted molar refractivity (Wildman–Crippen MR) is 80.3 cm³/mol. The number of hydrazine groups is 1. The van der Waals surface area contributed by atoms with Crippen molar-refractivity contribution >= 4 is 11.6 Å². The van der Waals surface area contributed by atoms with Crippen molar-refractivity contribution in [2.75, 3.05) is 39.3 Å². The van der Waals surface area contributed by atoms with Crippen LogP contribution in [-0.2, 0) is 11.3 Å². The number of ether oxygens (including phenoxy) is 1. The number of nitrogens with zero attached hydrogens (tertiary/aromatic N) is 2. The van der Waals surface area contributed by atoms with Gasteiger partial charge < -0.3 is 9.64 Å². The van der Waals surface area contributed by atoms with E-state index in [1.54, 1.807) is 0 Å². The minimum absolute atomic E-state index is 0.661. The van der Waals surface area contributed by atoms with E-state index >= 15 is 0 Å². The molecule has 3 rings (SSSR count). The summed E-state index contributed by atoms with van der Waals surface area (Å²) in [5, 5.41) is 2.73. The van der Waals surface area contributed by atoms with Crippen LogP contribution < -0.4 is 5.84 Å². The quantitative estimate of drug-likeness (QED) is 0.662. The first-order valence-electron chi connectivity index (χ1n) is 7.25. The van der Waals surface area contributed by atoms with Gasteiger partial charge in [0.15, 0.2) is 0 Å². The van der Waals surface area contributed by atoms with Crippen LogP contribution in [0.15, 0.2) is 24.3 Å². The molecule has 2 heterocycles. The summed E-state index contributed by atoms with van der Waals surface area (Å²) in [5.41, 5.74) is 1.17. The maximum atomic E-state index is 5.86. The minimum Gasteiger partial charge on any atom is -0.375 e. The minimum atomic E-state index is 0.661. The Morgan fingerprint density at radius 2 is 1.75 bits per heavy atom. The molecule has 2 aliphatic heterocycles. The molecule has 2 saturated heterocycles. The molecule has 2 N–H and O–H groups in total. The molecule has 0 saturated carbocycles. The highest BCUT2D eigenvalue weighted by atomic mass is 35.5. The van der Waals surface area contributed by atoms with Crippen molar-refractivity contribution in [1.29, 1.82) is 0 Å². The summed E-state index contributed by atoms with van der Waals surface area (Å²) in [4.78, 5) is 2.50. The molecular formula is C15H22ClN3O. The first-order valence-corrected chi connectivity index (χ1v) is 7.62. The number of benzene rings is 1. The van der Waals surface area contributed by atoms with E-state index in [2.05, 4.69) is 4.90 Å². The first kappa shape index (κ1) is 14.3. The van der Waals surface area contributed by atoms with Crippen LogP contribution in [0.2, 0.25) is 5.02 Å². The number of halogens is 1. The monoisotopic (exact) mass is 295 g/mol. The molecule has 110 valence electrons. The Balaban J connectivity index is 1.34. The van der Waals surface area contributed by atoms with Crippen LogP contribution in [0.4, 0.5) is 0 Å². The largest absolute Gasteiger partial charge is 0.375 e. The van der Waals surface area contributed by atoms with Crippen molar-refractivity contribution in [2.24, 2.45) is 17.7 Å². The smallest absolute Gasteiger partial charge is 0.0717 e. The molecule has 0 spiro atoms. The summed E-state index contributed by atoms with van der Waals surface area (Å²) in [6, 6.07) is 7.83. The third-order valence-electron chi connectivity index (χ3n) is 4.32. The number of hydrogen-bond donors (Lipinski definition) is 1. The molecule has 20 heavy (non-hydrogen) atoms. The standard InChI is InChI=1S/C15H22ClN3O/c16-15-3-1-12(2-4-15)11-20-6-5-18-7-13-9-19(17)10-14(13)8-18/h1-4,13-14H,5-11,17H2/t13-,14+. The zero-order valence-electron chi connectivity index (χ0n) is 11.7. The molecule has 2 atom stereocenters. The van der Waals surface area contributed by atoms with E-state index in [4.69, 9.17) is 22.2 Å². The Bertz CT molecular complexity index is 425. The average molecular weight is 296 g/mol. The Labute approximate surface area is 125 Å². The van der Waals surface area contributed by atoms with Gasteiger partial charge in [-0.2, -0.15) is 0 Å². The number of hydrogen-bond acceptors (Lipinski definition) is 4. The van der Waals surface area contributed by atoms with Crippen LogP contribution in [0.25, 0.3) is 0 Å². The summed E-state index contributed by atoms with van der Waals surface area (Å²) >= 11 is 5.86. The fraction of sp³-hybridized carbons (Fsp3) is 0.600. The number of likely N-dealkylation sites (tertiary alicyclic amines) is 1. The molecular weight excluding hydrogens is 274 g/mol. The van der Waals surface area contributed by atoms with E-state index in [1.165, 1.54) is 18.7 Å². The maximum Gasteiger partial charge on any atom is 0.0717 e. The summed E-state index contributed by atoms with van der Waals surface area (Å²) in [7, 11) is 0. The van der Waals surface area contributed by atoms with Crippen molar-refractivity contribution in [1.82, 2.24) is 9.91 Å².